The second-order valence-corrected chi connectivity index (χ2v) is 7.51. The monoisotopic (exact) mass is 325 g/mol. The molecular weight excluding hydrogens is 302 g/mol. The quantitative estimate of drug-likeness (QED) is 0.813. The maximum atomic E-state index is 6.13. The van der Waals surface area contributed by atoms with Crippen LogP contribution in [0.5, 0.6) is 0 Å². The molecule has 0 saturated heterocycles. The van der Waals surface area contributed by atoms with Gasteiger partial charge in [-0.3, -0.25) is 0 Å². The molecule has 106 valence electrons. The van der Waals surface area contributed by atoms with Crippen LogP contribution in [0.3, 0.4) is 0 Å². The minimum atomic E-state index is 0.352. The first-order valence-corrected chi connectivity index (χ1v) is 7.81. The van der Waals surface area contributed by atoms with Gasteiger partial charge in [0.2, 0.25) is 0 Å². The number of hydrogen-bond donors (Lipinski definition) is 1. The third kappa shape index (κ3) is 3.96. The number of benzene rings is 1. The molecule has 2 N–H and O–H groups in total. The fourth-order valence-corrected chi connectivity index (χ4v) is 3.81. The second-order valence-electron chi connectivity index (χ2n) is 6.65. The van der Waals surface area contributed by atoms with E-state index in [4.69, 9.17) is 10.5 Å². The van der Waals surface area contributed by atoms with Crippen LogP contribution in [0.25, 0.3) is 0 Å². The van der Waals surface area contributed by atoms with E-state index in [9.17, 15) is 0 Å². The normalized spacial score (nSPS) is 26.3. The Kier molecular flexibility index (Phi) is 4.57. The SMILES string of the molecule is CC1CC(OCc2c(N)cccc2Br)CC(C)(C)C1. The van der Waals surface area contributed by atoms with Crippen molar-refractivity contribution < 1.29 is 4.74 Å². The molecule has 0 aliphatic heterocycles. The molecule has 1 aromatic carbocycles. The van der Waals surface area contributed by atoms with E-state index in [1.165, 1.54) is 6.42 Å². The van der Waals surface area contributed by atoms with Crippen LogP contribution in [-0.2, 0) is 11.3 Å². The van der Waals surface area contributed by atoms with Crippen LogP contribution in [0.15, 0.2) is 22.7 Å². The van der Waals surface area contributed by atoms with E-state index in [0.29, 0.717) is 18.1 Å². The molecule has 2 atom stereocenters. The Morgan fingerprint density at radius 2 is 2.11 bits per heavy atom. The summed E-state index contributed by atoms with van der Waals surface area (Å²) in [6.45, 7) is 7.60. The van der Waals surface area contributed by atoms with E-state index in [-0.39, 0.29) is 0 Å². The van der Waals surface area contributed by atoms with E-state index >= 15 is 0 Å². The highest BCUT2D eigenvalue weighted by atomic mass is 79.9. The summed E-state index contributed by atoms with van der Waals surface area (Å²) >= 11 is 3.55. The number of anilines is 1. The fourth-order valence-electron chi connectivity index (χ4n) is 3.31. The Morgan fingerprint density at radius 1 is 1.37 bits per heavy atom. The highest BCUT2D eigenvalue weighted by Gasteiger charge is 2.32. The number of rotatable bonds is 3. The molecule has 3 heteroatoms. The van der Waals surface area contributed by atoms with Crippen LogP contribution < -0.4 is 5.73 Å². The van der Waals surface area contributed by atoms with Crippen molar-refractivity contribution in [3.8, 4) is 0 Å². The molecule has 1 aromatic rings. The Hall–Kier alpha value is -0.540. The summed E-state index contributed by atoms with van der Waals surface area (Å²) in [5.74, 6) is 0.741. The molecule has 1 fully saturated rings. The van der Waals surface area contributed by atoms with E-state index in [0.717, 1.165) is 34.5 Å². The molecule has 0 spiro atoms. The van der Waals surface area contributed by atoms with Crippen molar-refractivity contribution in [3.05, 3.63) is 28.2 Å². The first kappa shape index (κ1) is 14.9. The lowest BCUT2D eigenvalue weighted by molar-refractivity contribution is -0.0315. The van der Waals surface area contributed by atoms with E-state index in [2.05, 4.69) is 36.7 Å². The van der Waals surface area contributed by atoms with E-state index < -0.39 is 0 Å². The highest BCUT2D eigenvalue weighted by Crippen LogP contribution is 2.40. The maximum absolute atomic E-state index is 6.13. The number of nitrogen functional groups attached to an aromatic ring is 1. The third-order valence-corrected chi connectivity index (χ3v) is 4.71. The summed E-state index contributed by atoms with van der Waals surface area (Å²) in [6, 6.07) is 5.90. The van der Waals surface area contributed by atoms with Gasteiger partial charge in [0, 0.05) is 15.7 Å². The zero-order chi connectivity index (χ0) is 14.0. The molecule has 1 aliphatic carbocycles. The third-order valence-electron chi connectivity index (χ3n) is 3.97. The molecule has 2 nitrogen and oxygen atoms in total. The molecular formula is C16H24BrNO. The molecule has 2 rings (SSSR count). The number of nitrogens with two attached hydrogens (primary N) is 1. The Labute approximate surface area is 124 Å². The van der Waals surface area contributed by atoms with E-state index in [1.807, 2.05) is 18.2 Å². The lowest BCUT2D eigenvalue weighted by Gasteiger charge is -2.38. The first-order chi connectivity index (χ1) is 8.87. The van der Waals surface area contributed by atoms with Gasteiger partial charge in [0.15, 0.2) is 0 Å². The van der Waals surface area contributed by atoms with Crippen LogP contribution in [0.4, 0.5) is 5.69 Å². The largest absolute Gasteiger partial charge is 0.398 e. The van der Waals surface area contributed by atoms with Crippen molar-refractivity contribution in [2.75, 3.05) is 5.73 Å². The van der Waals surface area contributed by atoms with Gasteiger partial charge in [-0.25, -0.2) is 0 Å². The summed E-state index contributed by atoms with van der Waals surface area (Å²) in [7, 11) is 0. The zero-order valence-corrected chi connectivity index (χ0v) is 13.7. The highest BCUT2D eigenvalue weighted by molar-refractivity contribution is 9.10. The average Bonchev–Trinajstić information content (AvgIpc) is 2.25. The lowest BCUT2D eigenvalue weighted by atomic mass is 9.71. The molecule has 1 saturated carbocycles. The number of ether oxygens (including phenoxy) is 1. The Balaban J connectivity index is 1.99. The van der Waals surface area contributed by atoms with Gasteiger partial charge < -0.3 is 10.5 Å². The summed E-state index contributed by atoms with van der Waals surface area (Å²) < 4.78 is 7.16. The number of halogens is 1. The molecule has 0 heterocycles. The van der Waals surface area contributed by atoms with Crippen LogP contribution in [-0.4, -0.2) is 6.10 Å². The van der Waals surface area contributed by atoms with Crippen molar-refractivity contribution >= 4 is 21.6 Å². The Morgan fingerprint density at radius 3 is 2.74 bits per heavy atom. The van der Waals surface area contributed by atoms with Gasteiger partial charge in [0.25, 0.3) is 0 Å². The van der Waals surface area contributed by atoms with Crippen molar-refractivity contribution in [2.24, 2.45) is 11.3 Å². The van der Waals surface area contributed by atoms with E-state index in [1.54, 1.807) is 0 Å². The fraction of sp³-hybridized carbons (Fsp3) is 0.625. The number of hydrogen-bond acceptors (Lipinski definition) is 2. The van der Waals surface area contributed by atoms with Gasteiger partial charge in [0.1, 0.15) is 0 Å². The van der Waals surface area contributed by atoms with Gasteiger partial charge in [-0.05, 0) is 42.7 Å². The van der Waals surface area contributed by atoms with Crippen LogP contribution in [0.2, 0.25) is 0 Å². The summed E-state index contributed by atoms with van der Waals surface area (Å²) in [5, 5.41) is 0. The van der Waals surface area contributed by atoms with Crippen LogP contribution in [0.1, 0.15) is 45.6 Å². The minimum Gasteiger partial charge on any atom is -0.398 e. The van der Waals surface area contributed by atoms with Crippen molar-refractivity contribution in [1.82, 2.24) is 0 Å². The molecule has 0 aromatic heterocycles. The summed E-state index contributed by atoms with van der Waals surface area (Å²) in [6.07, 6.45) is 3.95. The van der Waals surface area contributed by atoms with Crippen molar-refractivity contribution in [3.63, 3.8) is 0 Å². The summed E-state index contributed by atoms with van der Waals surface area (Å²) in [4.78, 5) is 0. The molecule has 0 bridgehead atoms. The average molecular weight is 326 g/mol. The first-order valence-electron chi connectivity index (χ1n) is 7.02. The maximum Gasteiger partial charge on any atom is 0.0751 e. The predicted molar refractivity (Wildman–Crippen MR) is 83.9 cm³/mol. The van der Waals surface area contributed by atoms with Crippen LogP contribution in [0, 0.1) is 11.3 Å². The molecule has 0 amide bonds. The standard InChI is InChI=1S/C16H24BrNO/c1-11-7-12(9-16(2,3)8-11)19-10-13-14(17)5-4-6-15(13)18/h4-6,11-12H,7-10,18H2,1-3H3. The lowest BCUT2D eigenvalue weighted by Crippen LogP contribution is -2.32. The molecule has 1 aliphatic rings. The molecule has 0 radical (unpaired) electrons. The van der Waals surface area contributed by atoms with Gasteiger partial charge in [0.05, 0.1) is 12.7 Å². The second kappa shape index (κ2) is 5.84. The Bertz CT molecular complexity index is 424. The van der Waals surface area contributed by atoms with Crippen molar-refractivity contribution in [1.29, 1.82) is 0 Å². The minimum absolute atomic E-state index is 0.352. The van der Waals surface area contributed by atoms with Gasteiger partial charge in [-0.1, -0.05) is 42.8 Å². The molecule has 19 heavy (non-hydrogen) atoms. The van der Waals surface area contributed by atoms with Crippen LogP contribution >= 0.6 is 15.9 Å². The smallest absolute Gasteiger partial charge is 0.0751 e. The predicted octanol–water partition coefficient (Wildman–Crippen LogP) is 4.76. The molecule has 2 unspecified atom stereocenters. The topological polar surface area (TPSA) is 35.2 Å². The van der Waals surface area contributed by atoms with Gasteiger partial charge >= 0.3 is 0 Å². The zero-order valence-electron chi connectivity index (χ0n) is 12.1. The summed E-state index contributed by atoms with van der Waals surface area (Å²) in [5.41, 5.74) is 8.27. The van der Waals surface area contributed by atoms with Crippen molar-refractivity contribution in [2.45, 2.75) is 52.7 Å². The van der Waals surface area contributed by atoms with Gasteiger partial charge in [-0.15, -0.1) is 0 Å². The van der Waals surface area contributed by atoms with Gasteiger partial charge in [-0.2, -0.15) is 0 Å².